The van der Waals surface area contributed by atoms with E-state index in [0.29, 0.717) is 0 Å². The van der Waals surface area contributed by atoms with Crippen LogP contribution < -0.4 is 16.0 Å². The lowest BCUT2D eigenvalue weighted by molar-refractivity contribution is 0.378. The number of nitrogens with zero attached hydrogens (tertiary/aromatic N) is 1. The zero-order chi connectivity index (χ0) is 7.56. The zero-order valence-corrected chi connectivity index (χ0v) is 5.42. The van der Waals surface area contributed by atoms with Gasteiger partial charge in [-0.25, -0.2) is 4.98 Å². The van der Waals surface area contributed by atoms with Crippen LogP contribution in [0.15, 0.2) is 11.0 Å². The Bertz CT molecular complexity index is 280. The molecule has 0 aliphatic carbocycles. The standard InChI is InChI=1S/C5H7N3O2/c1-10-5-7-2-3(6)4(9)8-5/h2H,6H2,1H3,(H,7,8,9). The zero-order valence-electron chi connectivity index (χ0n) is 5.42. The molecule has 1 aromatic rings. The molecule has 0 aliphatic heterocycles. The van der Waals surface area contributed by atoms with E-state index >= 15 is 0 Å². The number of H-pyrrole nitrogens is 1. The van der Waals surface area contributed by atoms with E-state index in [1.807, 2.05) is 0 Å². The summed E-state index contributed by atoms with van der Waals surface area (Å²) in [6.45, 7) is 0. The number of hydrogen-bond acceptors (Lipinski definition) is 4. The molecule has 1 aromatic heterocycles. The molecule has 3 N–H and O–H groups in total. The lowest BCUT2D eigenvalue weighted by atomic mass is 10.5. The summed E-state index contributed by atoms with van der Waals surface area (Å²) in [5.41, 5.74) is 4.88. The second kappa shape index (κ2) is 2.38. The number of nitrogen functional groups attached to an aromatic ring is 1. The van der Waals surface area contributed by atoms with Crippen molar-refractivity contribution < 1.29 is 4.74 Å². The summed E-state index contributed by atoms with van der Waals surface area (Å²) in [5.74, 6) is 0. The van der Waals surface area contributed by atoms with E-state index in [2.05, 4.69) is 14.7 Å². The van der Waals surface area contributed by atoms with Crippen molar-refractivity contribution >= 4 is 5.69 Å². The Morgan fingerprint density at radius 1 is 1.80 bits per heavy atom. The maximum atomic E-state index is 10.7. The first-order chi connectivity index (χ1) is 4.74. The van der Waals surface area contributed by atoms with Gasteiger partial charge in [0.15, 0.2) is 0 Å². The van der Waals surface area contributed by atoms with Crippen molar-refractivity contribution in [3.05, 3.63) is 16.6 Å². The first-order valence-electron chi connectivity index (χ1n) is 2.63. The van der Waals surface area contributed by atoms with Crippen molar-refractivity contribution in [1.29, 1.82) is 0 Å². The maximum absolute atomic E-state index is 10.7. The van der Waals surface area contributed by atoms with Crippen molar-refractivity contribution in [3.8, 4) is 6.01 Å². The number of methoxy groups -OCH3 is 1. The Kier molecular flexibility index (Phi) is 1.57. The molecular weight excluding hydrogens is 134 g/mol. The minimum Gasteiger partial charge on any atom is -0.468 e. The fraction of sp³-hybridized carbons (Fsp3) is 0.200. The summed E-state index contributed by atoms with van der Waals surface area (Å²) >= 11 is 0. The maximum Gasteiger partial charge on any atom is 0.296 e. The van der Waals surface area contributed by atoms with Crippen LogP contribution >= 0.6 is 0 Å². The van der Waals surface area contributed by atoms with Gasteiger partial charge in [0.05, 0.1) is 13.3 Å². The summed E-state index contributed by atoms with van der Waals surface area (Å²) in [6.07, 6.45) is 1.25. The Morgan fingerprint density at radius 2 is 2.50 bits per heavy atom. The summed E-state index contributed by atoms with van der Waals surface area (Å²) in [5, 5.41) is 0. The number of rotatable bonds is 1. The molecule has 1 rings (SSSR count). The monoisotopic (exact) mass is 141 g/mol. The summed E-state index contributed by atoms with van der Waals surface area (Å²) in [7, 11) is 1.41. The van der Waals surface area contributed by atoms with Gasteiger partial charge in [-0.1, -0.05) is 0 Å². The predicted molar refractivity (Wildman–Crippen MR) is 35.8 cm³/mol. The molecule has 0 atom stereocenters. The van der Waals surface area contributed by atoms with E-state index in [1.54, 1.807) is 0 Å². The van der Waals surface area contributed by atoms with Gasteiger partial charge in [-0.3, -0.25) is 9.78 Å². The van der Waals surface area contributed by atoms with E-state index in [1.165, 1.54) is 13.3 Å². The van der Waals surface area contributed by atoms with Crippen LogP contribution in [0.4, 0.5) is 5.69 Å². The highest BCUT2D eigenvalue weighted by Crippen LogP contribution is 1.95. The number of aromatic nitrogens is 2. The van der Waals surface area contributed by atoms with Crippen molar-refractivity contribution in [1.82, 2.24) is 9.97 Å². The minimum absolute atomic E-state index is 0.0841. The van der Waals surface area contributed by atoms with Crippen molar-refractivity contribution in [3.63, 3.8) is 0 Å². The van der Waals surface area contributed by atoms with Crippen LogP contribution in [0.3, 0.4) is 0 Å². The molecule has 0 radical (unpaired) electrons. The SMILES string of the molecule is COc1ncc(N)c(=O)[nH]1. The topological polar surface area (TPSA) is 81.0 Å². The van der Waals surface area contributed by atoms with Gasteiger partial charge in [0.2, 0.25) is 0 Å². The average molecular weight is 141 g/mol. The summed E-state index contributed by atoms with van der Waals surface area (Å²) < 4.78 is 4.63. The Hall–Kier alpha value is -1.52. The summed E-state index contributed by atoms with van der Waals surface area (Å²) in [6, 6.07) is 0.166. The van der Waals surface area contributed by atoms with Crippen LogP contribution in [0.5, 0.6) is 6.01 Å². The van der Waals surface area contributed by atoms with Gasteiger partial charge in [-0.2, -0.15) is 0 Å². The highest BCUT2D eigenvalue weighted by atomic mass is 16.5. The van der Waals surface area contributed by atoms with E-state index in [-0.39, 0.29) is 17.3 Å². The Balaban J connectivity index is 3.17. The molecule has 5 nitrogen and oxygen atoms in total. The van der Waals surface area contributed by atoms with E-state index < -0.39 is 0 Å². The predicted octanol–water partition coefficient (Wildman–Crippen LogP) is -0.639. The average Bonchev–Trinajstić information content (AvgIpc) is 1.95. The first-order valence-corrected chi connectivity index (χ1v) is 2.63. The van der Waals surface area contributed by atoms with E-state index in [9.17, 15) is 4.79 Å². The van der Waals surface area contributed by atoms with Crippen LogP contribution in [0, 0.1) is 0 Å². The van der Waals surface area contributed by atoms with Gasteiger partial charge >= 0.3 is 0 Å². The van der Waals surface area contributed by atoms with Gasteiger partial charge in [0.1, 0.15) is 5.69 Å². The van der Waals surface area contributed by atoms with Gasteiger partial charge < -0.3 is 10.5 Å². The molecule has 0 bridgehead atoms. The van der Waals surface area contributed by atoms with Crippen molar-refractivity contribution in [2.45, 2.75) is 0 Å². The number of nitrogens with two attached hydrogens (primary N) is 1. The molecule has 10 heavy (non-hydrogen) atoms. The number of anilines is 1. The quantitative estimate of drug-likeness (QED) is 0.545. The summed E-state index contributed by atoms with van der Waals surface area (Å²) in [4.78, 5) is 16.7. The van der Waals surface area contributed by atoms with Gasteiger partial charge in [-0.05, 0) is 0 Å². The van der Waals surface area contributed by atoms with E-state index in [4.69, 9.17) is 5.73 Å². The fourth-order valence-electron chi connectivity index (χ4n) is 0.492. The minimum atomic E-state index is -0.383. The third-order valence-corrected chi connectivity index (χ3v) is 0.997. The van der Waals surface area contributed by atoms with Crippen molar-refractivity contribution in [2.24, 2.45) is 0 Å². The largest absolute Gasteiger partial charge is 0.468 e. The number of nitrogens with one attached hydrogen (secondary N) is 1. The molecule has 0 fully saturated rings. The first kappa shape index (κ1) is 6.60. The number of hydrogen-bond donors (Lipinski definition) is 2. The van der Waals surface area contributed by atoms with Crippen molar-refractivity contribution in [2.75, 3.05) is 12.8 Å². The Labute approximate surface area is 56.9 Å². The fourth-order valence-corrected chi connectivity index (χ4v) is 0.492. The highest BCUT2D eigenvalue weighted by Gasteiger charge is 1.95. The molecule has 54 valence electrons. The molecule has 0 saturated heterocycles. The lowest BCUT2D eigenvalue weighted by Gasteiger charge is -1.95. The van der Waals surface area contributed by atoms with Crippen LogP contribution in [-0.2, 0) is 0 Å². The number of ether oxygens (including phenoxy) is 1. The molecule has 1 heterocycles. The Morgan fingerprint density at radius 3 is 3.00 bits per heavy atom. The van der Waals surface area contributed by atoms with Gasteiger partial charge in [0, 0.05) is 0 Å². The molecule has 5 heteroatoms. The molecule has 0 aromatic carbocycles. The molecule has 0 unspecified atom stereocenters. The second-order valence-electron chi connectivity index (χ2n) is 1.68. The van der Waals surface area contributed by atoms with Gasteiger partial charge in [0.25, 0.3) is 11.6 Å². The molecule has 0 spiro atoms. The van der Waals surface area contributed by atoms with Crippen LogP contribution in [0.25, 0.3) is 0 Å². The molecule has 0 aliphatic rings. The highest BCUT2D eigenvalue weighted by molar-refractivity contribution is 5.30. The second-order valence-corrected chi connectivity index (χ2v) is 1.68. The smallest absolute Gasteiger partial charge is 0.296 e. The third kappa shape index (κ3) is 1.07. The normalized spacial score (nSPS) is 9.30. The van der Waals surface area contributed by atoms with Crippen LogP contribution in [-0.4, -0.2) is 17.1 Å². The third-order valence-electron chi connectivity index (χ3n) is 0.997. The molecule has 0 amide bonds. The molecular formula is C5H7N3O2. The van der Waals surface area contributed by atoms with Gasteiger partial charge in [-0.15, -0.1) is 0 Å². The number of aromatic amines is 1. The van der Waals surface area contributed by atoms with Crippen LogP contribution in [0.1, 0.15) is 0 Å². The molecule has 0 saturated carbocycles. The van der Waals surface area contributed by atoms with E-state index in [0.717, 1.165) is 0 Å². The van der Waals surface area contributed by atoms with Crippen LogP contribution in [0.2, 0.25) is 0 Å². The lowest BCUT2D eigenvalue weighted by Crippen LogP contribution is -2.12.